The third-order valence-corrected chi connectivity index (χ3v) is 5.72. The van der Waals surface area contributed by atoms with Crippen LogP contribution in [0.4, 0.5) is 0 Å². The molecule has 5 heteroatoms. The van der Waals surface area contributed by atoms with Crippen LogP contribution in [0.15, 0.2) is 42.5 Å². The Balaban J connectivity index is 1.33. The predicted molar refractivity (Wildman–Crippen MR) is 111 cm³/mol. The lowest BCUT2D eigenvalue weighted by Gasteiger charge is -2.19. The van der Waals surface area contributed by atoms with E-state index in [1.165, 1.54) is 5.56 Å². The molecule has 152 valence electrons. The molecule has 0 unspecified atom stereocenters. The summed E-state index contributed by atoms with van der Waals surface area (Å²) < 4.78 is 5.84. The Bertz CT molecular complexity index is 905. The summed E-state index contributed by atoms with van der Waals surface area (Å²) in [6.45, 7) is 4.38. The molecule has 0 saturated heterocycles. The van der Waals surface area contributed by atoms with Gasteiger partial charge in [-0.3, -0.25) is 9.59 Å². The van der Waals surface area contributed by atoms with Crippen LogP contribution >= 0.6 is 0 Å². The normalized spacial score (nSPS) is 15.8. The van der Waals surface area contributed by atoms with Crippen LogP contribution in [0, 0.1) is 12.8 Å². The van der Waals surface area contributed by atoms with Gasteiger partial charge in [-0.1, -0.05) is 36.4 Å². The summed E-state index contributed by atoms with van der Waals surface area (Å²) in [5, 5.41) is 3.01. The molecule has 0 aromatic heterocycles. The molecule has 5 nitrogen and oxygen atoms in total. The molecule has 2 amide bonds. The molecular weight excluding hydrogens is 364 g/mol. The Morgan fingerprint density at radius 1 is 1.17 bits per heavy atom. The summed E-state index contributed by atoms with van der Waals surface area (Å²) in [7, 11) is 0. The highest BCUT2D eigenvalue weighted by atomic mass is 16.5. The number of amides is 2. The maximum Gasteiger partial charge on any atom is 0.226 e. The van der Waals surface area contributed by atoms with Gasteiger partial charge in [-0.05, 0) is 48.9 Å². The minimum Gasteiger partial charge on any atom is -0.491 e. The number of rotatable bonds is 6. The molecule has 1 fully saturated rings. The van der Waals surface area contributed by atoms with Gasteiger partial charge in [-0.15, -0.1) is 0 Å². The van der Waals surface area contributed by atoms with E-state index < -0.39 is 0 Å². The highest BCUT2D eigenvalue weighted by Crippen LogP contribution is 2.33. The van der Waals surface area contributed by atoms with Crippen molar-refractivity contribution in [1.29, 1.82) is 0 Å². The standard InChI is InChI=1S/C24H28N2O3/c1-17-4-2-3-5-20(17)15-25-23(27)11-7-18-6-10-22-21(14-18)16-26(12-13-29-22)24(28)19-8-9-19/h2-6,10,14,19H,7-9,11-13,15-16H2,1H3,(H,25,27). The van der Waals surface area contributed by atoms with E-state index >= 15 is 0 Å². The van der Waals surface area contributed by atoms with Crippen LogP contribution in [-0.2, 0) is 29.1 Å². The molecule has 2 aromatic carbocycles. The third kappa shape index (κ3) is 4.97. The van der Waals surface area contributed by atoms with Crippen LogP contribution in [0.5, 0.6) is 5.75 Å². The number of aryl methyl sites for hydroxylation is 2. The number of benzene rings is 2. The monoisotopic (exact) mass is 392 g/mol. The molecule has 1 N–H and O–H groups in total. The van der Waals surface area contributed by atoms with E-state index in [2.05, 4.69) is 24.4 Å². The summed E-state index contributed by atoms with van der Waals surface area (Å²) >= 11 is 0. The van der Waals surface area contributed by atoms with Crippen LogP contribution in [0.3, 0.4) is 0 Å². The fourth-order valence-corrected chi connectivity index (χ4v) is 3.73. The Hall–Kier alpha value is -2.82. The highest BCUT2D eigenvalue weighted by Gasteiger charge is 2.34. The lowest BCUT2D eigenvalue weighted by Crippen LogP contribution is -2.33. The molecule has 2 aliphatic rings. The first-order chi connectivity index (χ1) is 14.1. The topological polar surface area (TPSA) is 58.6 Å². The zero-order valence-electron chi connectivity index (χ0n) is 16.9. The van der Waals surface area contributed by atoms with Gasteiger partial charge in [-0.25, -0.2) is 0 Å². The van der Waals surface area contributed by atoms with E-state index in [4.69, 9.17) is 4.74 Å². The molecule has 1 heterocycles. The second-order valence-electron chi connectivity index (χ2n) is 8.03. The van der Waals surface area contributed by atoms with Crippen LogP contribution < -0.4 is 10.1 Å². The Morgan fingerprint density at radius 2 is 2.00 bits per heavy atom. The number of hydrogen-bond donors (Lipinski definition) is 1. The molecule has 2 aromatic rings. The van der Waals surface area contributed by atoms with Crippen molar-refractivity contribution >= 4 is 11.8 Å². The second kappa shape index (κ2) is 8.68. The van der Waals surface area contributed by atoms with E-state index in [0.29, 0.717) is 39.1 Å². The van der Waals surface area contributed by atoms with Gasteiger partial charge in [0.05, 0.1) is 6.54 Å². The molecule has 0 bridgehead atoms. The van der Waals surface area contributed by atoms with Crippen molar-refractivity contribution < 1.29 is 14.3 Å². The smallest absolute Gasteiger partial charge is 0.226 e. The van der Waals surface area contributed by atoms with Crippen molar-refractivity contribution in [3.05, 3.63) is 64.7 Å². The van der Waals surface area contributed by atoms with Crippen molar-refractivity contribution in [2.75, 3.05) is 13.2 Å². The molecule has 29 heavy (non-hydrogen) atoms. The van der Waals surface area contributed by atoms with E-state index in [-0.39, 0.29) is 17.7 Å². The molecule has 0 spiro atoms. The molecule has 1 aliphatic carbocycles. The fraction of sp³-hybridized carbons (Fsp3) is 0.417. The van der Waals surface area contributed by atoms with Crippen molar-refractivity contribution in [2.45, 2.75) is 45.7 Å². The van der Waals surface area contributed by atoms with Crippen LogP contribution in [0.2, 0.25) is 0 Å². The quantitative estimate of drug-likeness (QED) is 0.820. The van der Waals surface area contributed by atoms with E-state index in [0.717, 1.165) is 35.3 Å². The predicted octanol–water partition coefficient (Wildman–Crippen LogP) is 3.38. The Morgan fingerprint density at radius 3 is 2.79 bits per heavy atom. The summed E-state index contributed by atoms with van der Waals surface area (Å²) in [5.74, 6) is 1.37. The zero-order valence-corrected chi connectivity index (χ0v) is 16.9. The number of carbonyl (C=O) groups is 2. The van der Waals surface area contributed by atoms with Gasteiger partial charge in [0.2, 0.25) is 11.8 Å². The first-order valence-corrected chi connectivity index (χ1v) is 10.4. The van der Waals surface area contributed by atoms with E-state index in [1.807, 2.05) is 35.2 Å². The maximum atomic E-state index is 12.5. The first kappa shape index (κ1) is 19.5. The molecule has 0 atom stereocenters. The van der Waals surface area contributed by atoms with Gasteiger partial charge >= 0.3 is 0 Å². The van der Waals surface area contributed by atoms with Crippen molar-refractivity contribution in [2.24, 2.45) is 5.92 Å². The maximum absolute atomic E-state index is 12.5. The summed E-state index contributed by atoms with van der Waals surface area (Å²) in [4.78, 5) is 26.7. The van der Waals surface area contributed by atoms with Gasteiger partial charge in [0, 0.05) is 31.0 Å². The number of carbonyl (C=O) groups excluding carboxylic acids is 2. The molecule has 1 aliphatic heterocycles. The molecule has 4 rings (SSSR count). The van der Waals surface area contributed by atoms with Crippen molar-refractivity contribution in [1.82, 2.24) is 10.2 Å². The SMILES string of the molecule is Cc1ccccc1CNC(=O)CCc1ccc2c(c1)CN(C(=O)C1CC1)CCO2. The van der Waals surface area contributed by atoms with Crippen LogP contribution in [-0.4, -0.2) is 29.9 Å². The average Bonchev–Trinajstić information content (AvgIpc) is 3.57. The minimum atomic E-state index is 0.0463. The summed E-state index contributed by atoms with van der Waals surface area (Å²) in [5.41, 5.74) is 4.46. The third-order valence-electron chi connectivity index (χ3n) is 5.72. The van der Waals surface area contributed by atoms with Gasteiger partial charge in [-0.2, -0.15) is 0 Å². The van der Waals surface area contributed by atoms with Gasteiger partial charge in [0.25, 0.3) is 0 Å². The lowest BCUT2D eigenvalue weighted by atomic mass is 10.0. The summed E-state index contributed by atoms with van der Waals surface area (Å²) in [6.07, 6.45) is 3.14. The van der Waals surface area contributed by atoms with Gasteiger partial charge < -0.3 is 15.0 Å². The average molecular weight is 392 g/mol. The Kier molecular flexibility index (Phi) is 5.84. The largest absolute Gasteiger partial charge is 0.491 e. The number of nitrogens with zero attached hydrogens (tertiary/aromatic N) is 1. The minimum absolute atomic E-state index is 0.0463. The van der Waals surface area contributed by atoms with Crippen molar-refractivity contribution in [3.63, 3.8) is 0 Å². The van der Waals surface area contributed by atoms with Crippen molar-refractivity contribution in [3.8, 4) is 5.75 Å². The number of ether oxygens (including phenoxy) is 1. The lowest BCUT2D eigenvalue weighted by molar-refractivity contribution is -0.133. The second-order valence-corrected chi connectivity index (χ2v) is 8.03. The molecule has 0 radical (unpaired) electrons. The van der Waals surface area contributed by atoms with Gasteiger partial charge in [0.1, 0.15) is 12.4 Å². The van der Waals surface area contributed by atoms with Gasteiger partial charge in [0.15, 0.2) is 0 Å². The zero-order chi connectivity index (χ0) is 20.2. The van der Waals surface area contributed by atoms with Crippen LogP contribution in [0.1, 0.15) is 41.5 Å². The van der Waals surface area contributed by atoms with E-state index in [1.54, 1.807) is 0 Å². The number of hydrogen-bond acceptors (Lipinski definition) is 3. The molecule has 1 saturated carbocycles. The first-order valence-electron chi connectivity index (χ1n) is 10.4. The van der Waals surface area contributed by atoms with Crippen LogP contribution in [0.25, 0.3) is 0 Å². The fourth-order valence-electron chi connectivity index (χ4n) is 3.73. The number of nitrogens with one attached hydrogen (secondary N) is 1. The highest BCUT2D eigenvalue weighted by molar-refractivity contribution is 5.81. The number of fused-ring (bicyclic) bond motifs is 1. The van der Waals surface area contributed by atoms with E-state index in [9.17, 15) is 9.59 Å². The summed E-state index contributed by atoms with van der Waals surface area (Å²) in [6, 6.07) is 14.2. The Labute approximate surface area is 172 Å². The molecular formula is C24H28N2O3.